The molecule has 3 heteroatoms. The zero-order valence-corrected chi connectivity index (χ0v) is 11.6. The summed E-state index contributed by atoms with van der Waals surface area (Å²) in [6.45, 7) is 2.79. The van der Waals surface area contributed by atoms with Crippen LogP contribution in [-0.4, -0.2) is 6.61 Å². The van der Waals surface area contributed by atoms with Crippen molar-refractivity contribution >= 4 is 11.6 Å². The minimum absolute atomic E-state index is 0.150. The molecule has 0 saturated heterocycles. The number of hydrogen-bond donors (Lipinski definition) is 1. The van der Waals surface area contributed by atoms with Crippen LogP contribution in [0.1, 0.15) is 28.3 Å². The molecule has 0 saturated carbocycles. The molecule has 1 atom stereocenters. The summed E-state index contributed by atoms with van der Waals surface area (Å²) in [6.07, 6.45) is 0.963. The van der Waals surface area contributed by atoms with Crippen molar-refractivity contribution in [2.75, 3.05) is 6.61 Å². The molecule has 0 bridgehead atoms. The number of rotatable bonds is 2. The molecule has 19 heavy (non-hydrogen) atoms. The Kier molecular flexibility index (Phi) is 3.21. The highest BCUT2D eigenvalue weighted by Gasteiger charge is 2.16. The molecule has 0 aliphatic carbocycles. The van der Waals surface area contributed by atoms with Crippen LogP contribution in [-0.2, 0) is 6.42 Å². The normalized spacial score (nSPS) is 14.9. The molecular formula is C16H16ClNO. The molecule has 98 valence electrons. The van der Waals surface area contributed by atoms with Crippen molar-refractivity contribution in [3.8, 4) is 5.75 Å². The first kappa shape index (κ1) is 12.5. The number of aryl methyl sites for hydroxylation is 1. The Morgan fingerprint density at radius 1 is 1.16 bits per heavy atom. The zero-order valence-electron chi connectivity index (χ0n) is 10.8. The number of ether oxygens (including phenoxy) is 1. The molecule has 1 unspecified atom stereocenters. The van der Waals surface area contributed by atoms with Crippen molar-refractivity contribution < 1.29 is 4.74 Å². The number of benzene rings is 2. The number of halogens is 1. The molecular weight excluding hydrogens is 258 g/mol. The van der Waals surface area contributed by atoms with Gasteiger partial charge in [-0.15, -0.1) is 0 Å². The summed E-state index contributed by atoms with van der Waals surface area (Å²) < 4.78 is 5.52. The van der Waals surface area contributed by atoms with Crippen LogP contribution in [0.5, 0.6) is 5.75 Å². The van der Waals surface area contributed by atoms with Crippen molar-refractivity contribution in [2.24, 2.45) is 5.73 Å². The Bertz CT molecular complexity index is 604. The predicted octanol–water partition coefficient (Wildman–Crippen LogP) is 3.63. The summed E-state index contributed by atoms with van der Waals surface area (Å²) in [5.41, 5.74) is 10.9. The first-order valence-electron chi connectivity index (χ1n) is 6.42. The van der Waals surface area contributed by atoms with Crippen LogP contribution in [0.2, 0.25) is 5.02 Å². The maximum absolute atomic E-state index is 6.35. The van der Waals surface area contributed by atoms with E-state index in [1.54, 1.807) is 0 Å². The first-order chi connectivity index (χ1) is 9.13. The summed E-state index contributed by atoms with van der Waals surface area (Å²) in [4.78, 5) is 0. The summed E-state index contributed by atoms with van der Waals surface area (Å²) in [5.74, 6) is 0.984. The average molecular weight is 274 g/mol. The predicted molar refractivity (Wildman–Crippen MR) is 77.9 cm³/mol. The van der Waals surface area contributed by atoms with Crippen LogP contribution in [0.4, 0.5) is 0 Å². The van der Waals surface area contributed by atoms with Gasteiger partial charge in [0.1, 0.15) is 5.75 Å². The molecule has 1 aliphatic heterocycles. The van der Waals surface area contributed by atoms with Crippen molar-refractivity contribution in [3.63, 3.8) is 0 Å². The minimum Gasteiger partial charge on any atom is -0.493 e. The molecule has 0 radical (unpaired) electrons. The third kappa shape index (κ3) is 2.46. The van der Waals surface area contributed by atoms with Crippen LogP contribution in [0, 0.1) is 6.92 Å². The second kappa shape index (κ2) is 4.87. The topological polar surface area (TPSA) is 35.2 Å². The van der Waals surface area contributed by atoms with Crippen LogP contribution < -0.4 is 10.5 Å². The first-order valence-corrected chi connectivity index (χ1v) is 6.79. The molecule has 1 heterocycles. The third-order valence-corrected chi connectivity index (χ3v) is 3.71. The standard InChI is InChI=1S/C16H16ClNO/c1-10-6-13(9-14(17)7-10)16(18)12-2-3-15-11(8-12)4-5-19-15/h2-3,6-9,16H,4-5,18H2,1H3. The van der Waals surface area contributed by atoms with Crippen LogP contribution in [0.25, 0.3) is 0 Å². The molecule has 1 aliphatic rings. The van der Waals surface area contributed by atoms with E-state index in [0.29, 0.717) is 0 Å². The number of hydrogen-bond acceptors (Lipinski definition) is 2. The van der Waals surface area contributed by atoms with Gasteiger partial charge in [-0.1, -0.05) is 29.8 Å². The molecule has 0 fully saturated rings. The van der Waals surface area contributed by atoms with E-state index in [-0.39, 0.29) is 6.04 Å². The molecule has 3 rings (SSSR count). The summed E-state index contributed by atoms with van der Waals surface area (Å²) in [5, 5.41) is 0.731. The van der Waals surface area contributed by atoms with Gasteiger partial charge in [-0.25, -0.2) is 0 Å². The SMILES string of the molecule is Cc1cc(Cl)cc(C(N)c2ccc3c(c2)CCO3)c1. The smallest absolute Gasteiger partial charge is 0.122 e. The zero-order chi connectivity index (χ0) is 13.4. The van der Waals surface area contributed by atoms with Gasteiger partial charge in [0.05, 0.1) is 12.6 Å². The van der Waals surface area contributed by atoms with Crippen molar-refractivity contribution in [1.82, 2.24) is 0 Å². The maximum atomic E-state index is 6.35. The summed E-state index contributed by atoms with van der Waals surface area (Å²) >= 11 is 6.10. The van der Waals surface area contributed by atoms with Gasteiger partial charge < -0.3 is 10.5 Å². The fraction of sp³-hybridized carbons (Fsp3) is 0.250. The van der Waals surface area contributed by atoms with Gasteiger partial charge in [0.15, 0.2) is 0 Å². The van der Waals surface area contributed by atoms with Crippen LogP contribution in [0.3, 0.4) is 0 Å². The van der Waals surface area contributed by atoms with Crippen molar-refractivity contribution in [3.05, 3.63) is 63.7 Å². The van der Waals surface area contributed by atoms with E-state index in [1.807, 2.05) is 31.2 Å². The van der Waals surface area contributed by atoms with Gasteiger partial charge >= 0.3 is 0 Å². The maximum Gasteiger partial charge on any atom is 0.122 e. The third-order valence-electron chi connectivity index (χ3n) is 3.50. The lowest BCUT2D eigenvalue weighted by Gasteiger charge is -2.15. The highest BCUT2D eigenvalue weighted by atomic mass is 35.5. The molecule has 0 spiro atoms. The van der Waals surface area contributed by atoms with Crippen molar-refractivity contribution in [2.45, 2.75) is 19.4 Å². The monoisotopic (exact) mass is 273 g/mol. The van der Waals surface area contributed by atoms with E-state index in [0.717, 1.165) is 40.5 Å². The van der Waals surface area contributed by atoms with E-state index in [1.165, 1.54) is 5.56 Å². The molecule has 2 N–H and O–H groups in total. The van der Waals surface area contributed by atoms with Gasteiger partial charge in [-0.3, -0.25) is 0 Å². The quantitative estimate of drug-likeness (QED) is 0.907. The summed E-state index contributed by atoms with van der Waals surface area (Å²) in [6, 6.07) is 12.0. The average Bonchev–Trinajstić information content (AvgIpc) is 2.83. The number of fused-ring (bicyclic) bond motifs is 1. The second-order valence-corrected chi connectivity index (χ2v) is 5.44. The fourth-order valence-electron chi connectivity index (χ4n) is 2.54. The largest absolute Gasteiger partial charge is 0.493 e. The molecule has 0 amide bonds. The summed E-state index contributed by atoms with van der Waals surface area (Å²) in [7, 11) is 0. The van der Waals surface area contributed by atoms with Gasteiger partial charge in [0.25, 0.3) is 0 Å². The van der Waals surface area contributed by atoms with Gasteiger partial charge in [0, 0.05) is 11.4 Å². The van der Waals surface area contributed by atoms with E-state index >= 15 is 0 Å². The number of nitrogens with two attached hydrogens (primary N) is 1. The highest BCUT2D eigenvalue weighted by Crippen LogP contribution is 2.30. The second-order valence-electron chi connectivity index (χ2n) is 5.01. The highest BCUT2D eigenvalue weighted by molar-refractivity contribution is 6.30. The van der Waals surface area contributed by atoms with Crippen molar-refractivity contribution in [1.29, 1.82) is 0 Å². The van der Waals surface area contributed by atoms with Gasteiger partial charge in [-0.05, 0) is 47.4 Å². The Morgan fingerprint density at radius 2 is 2.00 bits per heavy atom. The van der Waals surface area contributed by atoms with Gasteiger partial charge in [-0.2, -0.15) is 0 Å². The molecule has 2 nitrogen and oxygen atoms in total. The van der Waals surface area contributed by atoms with E-state index in [4.69, 9.17) is 22.1 Å². The van der Waals surface area contributed by atoms with Crippen LogP contribution >= 0.6 is 11.6 Å². The lowest BCUT2D eigenvalue weighted by molar-refractivity contribution is 0.357. The Morgan fingerprint density at radius 3 is 2.79 bits per heavy atom. The lowest BCUT2D eigenvalue weighted by Crippen LogP contribution is -2.12. The lowest BCUT2D eigenvalue weighted by atomic mass is 9.96. The molecule has 0 aromatic heterocycles. The van der Waals surface area contributed by atoms with E-state index < -0.39 is 0 Å². The van der Waals surface area contributed by atoms with Crippen LogP contribution in [0.15, 0.2) is 36.4 Å². The molecule has 2 aromatic carbocycles. The fourth-order valence-corrected chi connectivity index (χ4v) is 2.83. The Labute approximate surface area is 118 Å². The van der Waals surface area contributed by atoms with Gasteiger partial charge in [0.2, 0.25) is 0 Å². The van der Waals surface area contributed by atoms with E-state index in [2.05, 4.69) is 12.1 Å². The van der Waals surface area contributed by atoms with E-state index in [9.17, 15) is 0 Å². The Hall–Kier alpha value is -1.51. The minimum atomic E-state index is -0.150. The Balaban J connectivity index is 1.97. The molecule has 2 aromatic rings.